The van der Waals surface area contributed by atoms with Crippen molar-refractivity contribution in [2.24, 2.45) is 0 Å². The second-order valence-electron chi connectivity index (χ2n) is 3.67. The van der Waals surface area contributed by atoms with Crippen molar-refractivity contribution in [1.29, 1.82) is 0 Å². The maximum Gasteiger partial charge on any atom is 0.251 e. The van der Waals surface area contributed by atoms with Gasteiger partial charge in [-0.1, -0.05) is 23.2 Å². The minimum Gasteiger partial charge on any atom is -0.472 e. The van der Waals surface area contributed by atoms with E-state index in [0.717, 1.165) is 5.56 Å². The summed E-state index contributed by atoms with van der Waals surface area (Å²) in [4.78, 5) is 11.9. The minimum atomic E-state index is -0.278. The zero-order valence-corrected chi connectivity index (χ0v) is 10.8. The van der Waals surface area contributed by atoms with Crippen LogP contribution in [0.5, 0.6) is 0 Å². The summed E-state index contributed by atoms with van der Waals surface area (Å²) < 4.78 is 4.90. The summed E-state index contributed by atoms with van der Waals surface area (Å²) in [7, 11) is 0. The SMILES string of the molecule is Nc1c(Cl)cc(C(=O)NCc2ccoc2)cc1Cl. The lowest BCUT2D eigenvalue weighted by molar-refractivity contribution is 0.0951. The van der Waals surface area contributed by atoms with Gasteiger partial charge >= 0.3 is 0 Å². The zero-order valence-electron chi connectivity index (χ0n) is 9.24. The molecule has 0 fully saturated rings. The molecule has 1 amide bonds. The standard InChI is InChI=1S/C12H10Cl2N2O2/c13-9-3-8(4-10(14)11(9)15)12(17)16-5-7-1-2-18-6-7/h1-4,6H,5,15H2,(H,16,17). The normalized spacial score (nSPS) is 10.3. The number of anilines is 1. The quantitative estimate of drug-likeness (QED) is 0.851. The average Bonchev–Trinajstić information content (AvgIpc) is 2.85. The molecule has 0 aliphatic heterocycles. The van der Waals surface area contributed by atoms with Crippen molar-refractivity contribution in [2.45, 2.75) is 6.54 Å². The Morgan fingerprint density at radius 3 is 2.56 bits per heavy atom. The lowest BCUT2D eigenvalue weighted by atomic mass is 10.2. The van der Waals surface area contributed by atoms with Gasteiger partial charge in [0, 0.05) is 17.7 Å². The summed E-state index contributed by atoms with van der Waals surface area (Å²) in [5, 5.41) is 3.24. The Morgan fingerprint density at radius 2 is 2.00 bits per heavy atom. The van der Waals surface area contributed by atoms with Gasteiger partial charge < -0.3 is 15.5 Å². The van der Waals surface area contributed by atoms with Crippen LogP contribution >= 0.6 is 23.2 Å². The van der Waals surface area contributed by atoms with E-state index in [1.54, 1.807) is 18.6 Å². The molecule has 2 aromatic rings. The molecule has 0 spiro atoms. The maximum absolute atomic E-state index is 11.9. The number of hydrogen-bond donors (Lipinski definition) is 2. The number of furan rings is 1. The van der Waals surface area contributed by atoms with Crippen molar-refractivity contribution in [3.05, 3.63) is 51.9 Å². The van der Waals surface area contributed by atoms with Gasteiger partial charge in [-0.2, -0.15) is 0 Å². The molecule has 0 radical (unpaired) electrons. The van der Waals surface area contributed by atoms with Gasteiger partial charge in [-0.05, 0) is 18.2 Å². The Morgan fingerprint density at radius 1 is 1.33 bits per heavy atom. The summed E-state index contributed by atoms with van der Waals surface area (Å²) in [5.74, 6) is -0.278. The molecule has 3 N–H and O–H groups in total. The fraction of sp³-hybridized carbons (Fsp3) is 0.0833. The maximum atomic E-state index is 11.9. The molecular weight excluding hydrogens is 275 g/mol. The summed E-state index contributed by atoms with van der Waals surface area (Å²) in [6.45, 7) is 0.370. The van der Waals surface area contributed by atoms with Gasteiger partial charge in [-0.15, -0.1) is 0 Å². The first-order chi connectivity index (χ1) is 8.58. The first kappa shape index (κ1) is 12.8. The van der Waals surface area contributed by atoms with Crippen molar-refractivity contribution in [1.82, 2.24) is 5.32 Å². The second kappa shape index (κ2) is 5.33. The van der Waals surface area contributed by atoms with Crippen LogP contribution in [0.25, 0.3) is 0 Å². The fourth-order valence-corrected chi connectivity index (χ4v) is 1.88. The highest BCUT2D eigenvalue weighted by molar-refractivity contribution is 6.39. The van der Waals surface area contributed by atoms with Crippen LogP contribution in [0.1, 0.15) is 15.9 Å². The van der Waals surface area contributed by atoms with Crippen molar-refractivity contribution in [3.8, 4) is 0 Å². The van der Waals surface area contributed by atoms with Crippen LogP contribution in [0.3, 0.4) is 0 Å². The zero-order chi connectivity index (χ0) is 13.1. The molecule has 18 heavy (non-hydrogen) atoms. The smallest absolute Gasteiger partial charge is 0.251 e. The number of nitrogens with two attached hydrogens (primary N) is 1. The molecule has 0 aliphatic carbocycles. The predicted molar refractivity (Wildman–Crippen MR) is 70.8 cm³/mol. The number of amides is 1. The molecule has 1 aromatic carbocycles. The van der Waals surface area contributed by atoms with Crippen LogP contribution in [0, 0.1) is 0 Å². The summed E-state index contributed by atoms with van der Waals surface area (Å²) in [5.41, 5.74) is 7.10. The van der Waals surface area contributed by atoms with E-state index in [9.17, 15) is 4.79 Å². The Hall–Kier alpha value is -1.65. The van der Waals surface area contributed by atoms with Crippen molar-refractivity contribution >= 4 is 34.8 Å². The molecule has 0 saturated heterocycles. The van der Waals surface area contributed by atoms with Crippen LogP contribution in [0.4, 0.5) is 5.69 Å². The van der Waals surface area contributed by atoms with Crippen molar-refractivity contribution in [2.75, 3.05) is 5.73 Å². The molecule has 6 heteroatoms. The van der Waals surface area contributed by atoms with Crippen LogP contribution < -0.4 is 11.1 Å². The minimum absolute atomic E-state index is 0.260. The topological polar surface area (TPSA) is 68.3 Å². The fourth-order valence-electron chi connectivity index (χ4n) is 1.39. The number of nitrogen functional groups attached to an aromatic ring is 1. The van der Waals surface area contributed by atoms with Crippen LogP contribution in [0.2, 0.25) is 10.0 Å². The number of nitrogens with one attached hydrogen (secondary N) is 1. The third-order valence-corrected chi connectivity index (χ3v) is 3.00. The molecule has 0 saturated carbocycles. The Balaban J connectivity index is 2.09. The molecule has 1 heterocycles. The highest BCUT2D eigenvalue weighted by Gasteiger charge is 2.11. The van der Waals surface area contributed by atoms with Crippen LogP contribution in [0.15, 0.2) is 35.1 Å². The van der Waals surface area contributed by atoms with E-state index in [2.05, 4.69) is 5.32 Å². The summed E-state index contributed by atoms with van der Waals surface area (Å²) >= 11 is 11.7. The summed E-state index contributed by atoms with van der Waals surface area (Å²) in [6.07, 6.45) is 3.10. The number of halogens is 2. The van der Waals surface area contributed by atoms with E-state index < -0.39 is 0 Å². The highest BCUT2D eigenvalue weighted by atomic mass is 35.5. The monoisotopic (exact) mass is 284 g/mol. The van der Waals surface area contributed by atoms with Gasteiger partial charge in [0.2, 0.25) is 0 Å². The third-order valence-electron chi connectivity index (χ3n) is 2.37. The Bertz CT molecular complexity index is 544. The number of carbonyl (C=O) groups excluding carboxylic acids is 1. The van der Waals surface area contributed by atoms with Crippen LogP contribution in [-0.2, 0) is 6.54 Å². The average molecular weight is 285 g/mol. The molecule has 0 bridgehead atoms. The third kappa shape index (κ3) is 2.78. The number of carbonyl (C=O) groups is 1. The number of rotatable bonds is 3. The van der Waals surface area contributed by atoms with Gasteiger partial charge in [0.25, 0.3) is 5.91 Å². The van der Waals surface area contributed by atoms with Gasteiger partial charge in [-0.25, -0.2) is 0 Å². The van der Waals surface area contributed by atoms with Crippen molar-refractivity contribution in [3.63, 3.8) is 0 Å². The van der Waals surface area contributed by atoms with E-state index in [-0.39, 0.29) is 21.6 Å². The number of benzene rings is 1. The van der Waals surface area contributed by atoms with E-state index in [4.69, 9.17) is 33.4 Å². The Labute approximate surface area is 114 Å². The molecule has 0 atom stereocenters. The van der Waals surface area contributed by atoms with E-state index in [1.807, 2.05) is 0 Å². The number of hydrogen-bond acceptors (Lipinski definition) is 3. The van der Waals surface area contributed by atoms with Gasteiger partial charge in [0.05, 0.1) is 28.3 Å². The first-order valence-electron chi connectivity index (χ1n) is 5.11. The van der Waals surface area contributed by atoms with Gasteiger partial charge in [0.15, 0.2) is 0 Å². The van der Waals surface area contributed by atoms with Gasteiger partial charge in [-0.3, -0.25) is 4.79 Å². The summed E-state index contributed by atoms with van der Waals surface area (Å²) in [6, 6.07) is 4.73. The van der Waals surface area contributed by atoms with E-state index in [0.29, 0.717) is 12.1 Å². The lowest BCUT2D eigenvalue weighted by Crippen LogP contribution is -2.22. The van der Waals surface area contributed by atoms with Crippen molar-refractivity contribution < 1.29 is 9.21 Å². The first-order valence-corrected chi connectivity index (χ1v) is 5.87. The molecule has 0 aliphatic rings. The molecule has 0 unspecified atom stereocenters. The van der Waals surface area contributed by atoms with Crippen LogP contribution in [-0.4, -0.2) is 5.91 Å². The largest absolute Gasteiger partial charge is 0.472 e. The predicted octanol–water partition coefficient (Wildman–Crippen LogP) is 3.10. The van der Waals surface area contributed by atoms with Gasteiger partial charge in [0.1, 0.15) is 0 Å². The van der Waals surface area contributed by atoms with E-state index in [1.165, 1.54) is 12.1 Å². The Kier molecular flexibility index (Phi) is 3.79. The second-order valence-corrected chi connectivity index (χ2v) is 4.48. The molecular formula is C12H10Cl2N2O2. The van der Waals surface area contributed by atoms with E-state index >= 15 is 0 Å². The highest BCUT2D eigenvalue weighted by Crippen LogP contribution is 2.28. The molecule has 94 valence electrons. The lowest BCUT2D eigenvalue weighted by Gasteiger charge is -2.07. The molecule has 1 aromatic heterocycles. The molecule has 2 rings (SSSR count). The molecule has 4 nitrogen and oxygen atoms in total.